The largest absolute Gasteiger partial charge is 0.394 e. The maximum atomic E-state index is 12.0. The highest BCUT2D eigenvalue weighted by Crippen LogP contribution is 2.18. The Bertz CT molecular complexity index is 229. The third-order valence-electron chi connectivity index (χ3n) is 3.09. The lowest BCUT2D eigenvalue weighted by atomic mass is 10.2. The van der Waals surface area contributed by atoms with Gasteiger partial charge < -0.3 is 20.1 Å². The van der Waals surface area contributed by atoms with Crippen LogP contribution < -0.4 is 5.32 Å². The van der Waals surface area contributed by atoms with Gasteiger partial charge in [0.25, 0.3) is 0 Å². The molecule has 2 atom stereocenters. The van der Waals surface area contributed by atoms with Gasteiger partial charge >= 0.3 is 0 Å². The van der Waals surface area contributed by atoms with Crippen molar-refractivity contribution >= 4 is 5.91 Å². The molecule has 15 heavy (non-hydrogen) atoms. The molecule has 0 radical (unpaired) electrons. The zero-order chi connectivity index (χ0) is 10.7. The number of rotatable bonds is 2. The van der Waals surface area contributed by atoms with Gasteiger partial charge in [-0.2, -0.15) is 0 Å². The van der Waals surface area contributed by atoms with Crippen molar-refractivity contribution in [2.75, 3.05) is 32.9 Å². The summed E-state index contributed by atoms with van der Waals surface area (Å²) in [6, 6.07) is -0.202. The van der Waals surface area contributed by atoms with Gasteiger partial charge in [0.05, 0.1) is 25.9 Å². The first kappa shape index (κ1) is 10.9. The molecule has 0 aromatic rings. The van der Waals surface area contributed by atoms with Crippen LogP contribution >= 0.6 is 0 Å². The second-order valence-corrected chi connectivity index (χ2v) is 4.09. The summed E-state index contributed by atoms with van der Waals surface area (Å²) < 4.78 is 5.26. The molecule has 1 unspecified atom stereocenters. The number of nitrogens with zero attached hydrogens (tertiary/aromatic N) is 1. The molecule has 0 saturated carbocycles. The van der Waals surface area contributed by atoms with Crippen molar-refractivity contribution in [1.82, 2.24) is 10.2 Å². The lowest BCUT2D eigenvalue weighted by molar-refractivity contribution is -0.137. The standard InChI is InChI=1S/C10H18N2O3/c13-6-8-2-1-4-12(8)10(14)9-7-15-5-3-11-9/h8-9,11,13H,1-7H2/t8-,9?/m1/s1. The fraction of sp³-hybridized carbons (Fsp3) is 0.900. The van der Waals surface area contributed by atoms with E-state index in [0.717, 1.165) is 25.9 Å². The molecule has 2 aliphatic rings. The third kappa shape index (κ3) is 2.30. The van der Waals surface area contributed by atoms with Gasteiger partial charge in [-0.3, -0.25) is 4.79 Å². The third-order valence-corrected chi connectivity index (χ3v) is 3.09. The van der Waals surface area contributed by atoms with Crippen LogP contribution in [0.1, 0.15) is 12.8 Å². The number of aliphatic hydroxyl groups is 1. The molecule has 1 amide bonds. The van der Waals surface area contributed by atoms with E-state index in [9.17, 15) is 4.79 Å². The number of morpholine rings is 1. The van der Waals surface area contributed by atoms with Crippen molar-refractivity contribution in [3.8, 4) is 0 Å². The first-order valence-electron chi connectivity index (χ1n) is 5.55. The van der Waals surface area contributed by atoms with Gasteiger partial charge in [-0.25, -0.2) is 0 Å². The van der Waals surface area contributed by atoms with E-state index >= 15 is 0 Å². The average Bonchev–Trinajstić information content (AvgIpc) is 2.77. The van der Waals surface area contributed by atoms with Crippen molar-refractivity contribution in [2.45, 2.75) is 24.9 Å². The Morgan fingerprint density at radius 3 is 3.13 bits per heavy atom. The Labute approximate surface area is 89.4 Å². The van der Waals surface area contributed by atoms with E-state index in [2.05, 4.69) is 5.32 Å². The molecule has 0 aromatic carbocycles. The quantitative estimate of drug-likeness (QED) is 0.616. The van der Waals surface area contributed by atoms with E-state index in [0.29, 0.717) is 13.2 Å². The summed E-state index contributed by atoms with van der Waals surface area (Å²) >= 11 is 0. The first-order chi connectivity index (χ1) is 7.33. The van der Waals surface area contributed by atoms with Gasteiger partial charge in [0.15, 0.2) is 0 Å². The van der Waals surface area contributed by atoms with Crippen LogP contribution in [0.3, 0.4) is 0 Å². The van der Waals surface area contributed by atoms with Crippen LogP contribution in [-0.2, 0) is 9.53 Å². The van der Waals surface area contributed by atoms with Crippen LogP contribution in [0.5, 0.6) is 0 Å². The summed E-state index contributed by atoms with van der Waals surface area (Å²) in [5.74, 6) is 0.0752. The van der Waals surface area contributed by atoms with Gasteiger partial charge in [-0.1, -0.05) is 0 Å². The van der Waals surface area contributed by atoms with Gasteiger partial charge in [0, 0.05) is 13.1 Å². The highest BCUT2D eigenvalue weighted by Gasteiger charge is 2.33. The second kappa shape index (κ2) is 4.92. The number of carbonyl (C=O) groups is 1. The molecule has 0 bridgehead atoms. The highest BCUT2D eigenvalue weighted by atomic mass is 16.5. The summed E-state index contributed by atoms with van der Waals surface area (Å²) in [6.45, 7) is 2.69. The molecule has 2 fully saturated rings. The van der Waals surface area contributed by atoms with Gasteiger partial charge in [-0.05, 0) is 12.8 Å². The van der Waals surface area contributed by atoms with Gasteiger partial charge in [0.1, 0.15) is 6.04 Å². The summed E-state index contributed by atoms with van der Waals surface area (Å²) in [7, 11) is 0. The van der Waals surface area contributed by atoms with Crippen LogP contribution in [0.25, 0.3) is 0 Å². The maximum Gasteiger partial charge on any atom is 0.242 e. The number of carbonyl (C=O) groups excluding carboxylic acids is 1. The summed E-state index contributed by atoms with van der Waals surface area (Å²) in [5, 5.41) is 12.3. The van der Waals surface area contributed by atoms with Crippen molar-refractivity contribution in [1.29, 1.82) is 0 Å². The Hall–Kier alpha value is -0.650. The maximum absolute atomic E-state index is 12.0. The predicted molar refractivity (Wildman–Crippen MR) is 54.4 cm³/mol. The zero-order valence-corrected chi connectivity index (χ0v) is 8.82. The first-order valence-corrected chi connectivity index (χ1v) is 5.55. The molecule has 86 valence electrons. The smallest absolute Gasteiger partial charge is 0.242 e. The number of hydrogen-bond acceptors (Lipinski definition) is 4. The molecule has 5 nitrogen and oxygen atoms in total. The number of nitrogens with one attached hydrogen (secondary N) is 1. The van der Waals surface area contributed by atoms with Crippen molar-refractivity contribution < 1.29 is 14.6 Å². The molecule has 0 aliphatic carbocycles. The monoisotopic (exact) mass is 214 g/mol. The number of amides is 1. The number of aliphatic hydroxyl groups excluding tert-OH is 1. The Morgan fingerprint density at radius 2 is 2.47 bits per heavy atom. The van der Waals surface area contributed by atoms with Crippen LogP contribution in [0.4, 0.5) is 0 Å². The minimum Gasteiger partial charge on any atom is -0.394 e. The molecule has 2 N–H and O–H groups in total. The fourth-order valence-corrected chi connectivity index (χ4v) is 2.24. The van der Waals surface area contributed by atoms with E-state index in [4.69, 9.17) is 9.84 Å². The molecule has 2 rings (SSSR count). The van der Waals surface area contributed by atoms with Crippen LogP contribution in [0.2, 0.25) is 0 Å². The van der Waals surface area contributed by atoms with Crippen LogP contribution in [0, 0.1) is 0 Å². The number of likely N-dealkylation sites (tertiary alicyclic amines) is 1. The minimum atomic E-state index is -0.217. The molecule has 2 saturated heterocycles. The summed E-state index contributed by atoms with van der Waals surface area (Å²) in [6.07, 6.45) is 1.90. The molecule has 0 spiro atoms. The lowest BCUT2D eigenvalue weighted by Crippen LogP contribution is -2.54. The molecule has 2 heterocycles. The Morgan fingerprint density at radius 1 is 1.60 bits per heavy atom. The molecule has 2 aliphatic heterocycles. The Kier molecular flexibility index (Phi) is 3.56. The molecule has 0 aromatic heterocycles. The Balaban J connectivity index is 1.93. The van der Waals surface area contributed by atoms with E-state index in [1.807, 2.05) is 0 Å². The van der Waals surface area contributed by atoms with Gasteiger partial charge in [0.2, 0.25) is 5.91 Å². The van der Waals surface area contributed by atoms with Crippen LogP contribution in [-0.4, -0.2) is 60.9 Å². The SMILES string of the molecule is O=C(C1COCCN1)N1CCC[C@@H]1CO. The second-order valence-electron chi connectivity index (χ2n) is 4.09. The topological polar surface area (TPSA) is 61.8 Å². The fourth-order valence-electron chi connectivity index (χ4n) is 2.24. The van der Waals surface area contributed by atoms with E-state index in [-0.39, 0.29) is 24.6 Å². The number of hydrogen-bond donors (Lipinski definition) is 2. The minimum absolute atomic E-state index is 0.0150. The van der Waals surface area contributed by atoms with E-state index < -0.39 is 0 Å². The van der Waals surface area contributed by atoms with Crippen LogP contribution in [0.15, 0.2) is 0 Å². The predicted octanol–water partition coefficient (Wildman–Crippen LogP) is -1.04. The summed E-state index contributed by atoms with van der Waals surface area (Å²) in [5.41, 5.74) is 0. The molecular weight excluding hydrogens is 196 g/mol. The van der Waals surface area contributed by atoms with E-state index in [1.165, 1.54) is 0 Å². The number of ether oxygens (including phenoxy) is 1. The normalized spacial score (nSPS) is 31.9. The van der Waals surface area contributed by atoms with Crippen molar-refractivity contribution in [3.63, 3.8) is 0 Å². The van der Waals surface area contributed by atoms with Crippen molar-refractivity contribution in [3.05, 3.63) is 0 Å². The van der Waals surface area contributed by atoms with Crippen molar-refractivity contribution in [2.24, 2.45) is 0 Å². The molecular formula is C10H18N2O3. The zero-order valence-electron chi connectivity index (χ0n) is 8.82. The molecule has 5 heteroatoms. The summed E-state index contributed by atoms with van der Waals surface area (Å²) in [4.78, 5) is 13.8. The highest BCUT2D eigenvalue weighted by molar-refractivity contribution is 5.82. The average molecular weight is 214 g/mol. The van der Waals surface area contributed by atoms with Gasteiger partial charge in [-0.15, -0.1) is 0 Å². The lowest BCUT2D eigenvalue weighted by Gasteiger charge is -2.30. The van der Waals surface area contributed by atoms with E-state index in [1.54, 1.807) is 4.90 Å².